The average Bonchev–Trinajstić information content (AvgIpc) is 2.80. The molecule has 1 aromatic carbocycles. The third kappa shape index (κ3) is 18.2. The molecule has 1 aromatic rings. The summed E-state index contributed by atoms with van der Waals surface area (Å²) in [7, 11) is 0. The highest BCUT2D eigenvalue weighted by atomic mass is 14.3. The molecule has 1 rings (SSSR count). The summed E-state index contributed by atoms with van der Waals surface area (Å²) in [6.45, 7) is 9.73. The summed E-state index contributed by atoms with van der Waals surface area (Å²) >= 11 is 0. The van der Waals surface area contributed by atoms with Gasteiger partial charge in [0.2, 0.25) is 0 Å². The molecule has 0 radical (unpaired) electrons. The van der Waals surface area contributed by atoms with Crippen LogP contribution in [0.4, 0.5) is 0 Å². The van der Waals surface area contributed by atoms with E-state index in [0.29, 0.717) is 5.41 Å². The van der Waals surface area contributed by atoms with Crippen molar-refractivity contribution in [3.63, 3.8) is 0 Å². The Morgan fingerprint density at radius 1 is 0.515 bits per heavy atom. The van der Waals surface area contributed by atoms with Gasteiger partial charge in [0.25, 0.3) is 0 Å². The van der Waals surface area contributed by atoms with Crippen LogP contribution in [0.15, 0.2) is 30.3 Å². The topological polar surface area (TPSA) is 0 Å². The number of hydrogen-bond acceptors (Lipinski definition) is 0. The van der Waals surface area contributed by atoms with Crippen molar-refractivity contribution in [2.24, 2.45) is 11.3 Å². The van der Waals surface area contributed by atoms with Gasteiger partial charge in [0.1, 0.15) is 0 Å². The van der Waals surface area contributed by atoms with E-state index in [-0.39, 0.29) is 0 Å². The zero-order chi connectivity index (χ0) is 24.0. The fourth-order valence-electron chi connectivity index (χ4n) is 5.31. The second-order valence-electron chi connectivity index (χ2n) is 11.9. The van der Waals surface area contributed by atoms with Crippen LogP contribution in [0.1, 0.15) is 162 Å². The van der Waals surface area contributed by atoms with Crippen LogP contribution in [0.2, 0.25) is 0 Å². The molecule has 192 valence electrons. The van der Waals surface area contributed by atoms with E-state index < -0.39 is 0 Å². The maximum absolute atomic E-state index is 2.47. The Kier molecular flexibility index (Phi) is 18.9. The van der Waals surface area contributed by atoms with E-state index in [4.69, 9.17) is 0 Å². The SMILES string of the molecule is CCCCCCCCCC(CCCCCCCCCCCCCc1ccccc1)C(C)(C)C. The van der Waals surface area contributed by atoms with Crippen LogP contribution in [0, 0.1) is 11.3 Å². The third-order valence-corrected chi connectivity index (χ3v) is 7.74. The number of hydrogen-bond donors (Lipinski definition) is 0. The molecule has 0 aliphatic rings. The molecule has 0 bridgehead atoms. The van der Waals surface area contributed by atoms with Gasteiger partial charge < -0.3 is 0 Å². The van der Waals surface area contributed by atoms with Crippen molar-refractivity contribution in [2.45, 2.75) is 163 Å². The Labute approximate surface area is 209 Å². The second kappa shape index (κ2) is 20.6. The zero-order valence-electron chi connectivity index (χ0n) is 23.3. The smallest absolute Gasteiger partial charge is 0.0279 e. The summed E-state index contributed by atoms with van der Waals surface area (Å²) in [6, 6.07) is 11.0. The molecular weight excluding hydrogens is 396 g/mol. The predicted octanol–water partition coefficient (Wildman–Crippen LogP) is 11.7. The van der Waals surface area contributed by atoms with E-state index in [0.717, 1.165) is 5.92 Å². The molecule has 0 aliphatic carbocycles. The Bertz CT molecular complexity index is 509. The number of rotatable bonds is 22. The predicted molar refractivity (Wildman–Crippen MR) is 151 cm³/mol. The summed E-state index contributed by atoms with van der Waals surface area (Å²) in [6.07, 6.45) is 30.1. The minimum Gasteiger partial charge on any atom is -0.0654 e. The van der Waals surface area contributed by atoms with Crippen LogP contribution in [0.25, 0.3) is 0 Å². The molecule has 0 amide bonds. The minimum atomic E-state index is 0.489. The van der Waals surface area contributed by atoms with E-state index >= 15 is 0 Å². The molecule has 0 spiro atoms. The van der Waals surface area contributed by atoms with Gasteiger partial charge in [0.05, 0.1) is 0 Å². The standard InChI is InChI=1S/C33H60/c1-5-6-7-8-14-18-24-29-32(33(2,3)4)30-25-19-16-13-11-9-10-12-15-17-21-26-31-27-22-20-23-28-31/h20,22-23,27-28,32H,5-19,21,24-26,29-30H2,1-4H3. The highest BCUT2D eigenvalue weighted by Crippen LogP contribution is 2.34. The molecule has 0 saturated heterocycles. The monoisotopic (exact) mass is 456 g/mol. The van der Waals surface area contributed by atoms with Crippen molar-refractivity contribution in [2.75, 3.05) is 0 Å². The first-order valence-electron chi connectivity index (χ1n) is 15.1. The largest absolute Gasteiger partial charge is 0.0654 e. The molecule has 0 fully saturated rings. The first-order chi connectivity index (χ1) is 16.0. The molecule has 0 heteroatoms. The lowest BCUT2D eigenvalue weighted by molar-refractivity contribution is 0.201. The highest BCUT2D eigenvalue weighted by Gasteiger charge is 2.23. The summed E-state index contributed by atoms with van der Waals surface area (Å²) < 4.78 is 0. The lowest BCUT2D eigenvalue weighted by Crippen LogP contribution is -2.20. The van der Waals surface area contributed by atoms with Crippen molar-refractivity contribution in [3.05, 3.63) is 35.9 Å². The maximum atomic E-state index is 2.47. The molecule has 0 heterocycles. The van der Waals surface area contributed by atoms with Crippen LogP contribution in [-0.2, 0) is 6.42 Å². The molecule has 0 saturated carbocycles. The van der Waals surface area contributed by atoms with Crippen molar-refractivity contribution >= 4 is 0 Å². The molecule has 0 nitrogen and oxygen atoms in total. The van der Waals surface area contributed by atoms with Gasteiger partial charge in [-0.25, -0.2) is 0 Å². The normalized spacial score (nSPS) is 12.8. The first-order valence-corrected chi connectivity index (χ1v) is 15.1. The zero-order valence-corrected chi connectivity index (χ0v) is 23.3. The summed E-state index contributed by atoms with van der Waals surface area (Å²) in [5.74, 6) is 0.926. The molecule has 0 N–H and O–H groups in total. The summed E-state index contributed by atoms with van der Waals surface area (Å²) in [5.41, 5.74) is 1.99. The number of benzene rings is 1. The van der Waals surface area contributed by atoms with E-state index in [2.05, 4.69) is 58.0 Å². The summed E-state index contributed by atoms with van der Waals surface area (Å²) in [4.78, 5) is 0. The van der Waals surface area contributed by atoms with Crippen molar-refractivity contribution in [3.8, 4) is 0 Å². The molecular formula is C33H60. The van der Waals surface area contributed by atoms with Crippen LogP contribution in [-0.4, -0.2) is 0 Å². The molecule has 1 atom stereocenters. The Morgan fingerprint density at radius 2 is 0.909 bits per heavy atom. The van der Waals surface area contributed by atoms with Gasteiger partial charge in [-0.1, -0.05) is 167 Å². The Balaban J connectivity index is 1.91. The van der Waals surface area contributed by atoms with Crippen LogP contribution < -0.4 is 0 Å². The average molecular weight is 457 g/mol. The van der Waals surface area contributed by atoms with Gasteiger partial charge in [-0.15, -0.1) is 0 Å². The maximum Gasteiger partial charge on any atom is -0.0279 e. The lowest BCUT2D eigenvalue weighted by atomic mass is 9.75. The third-order valence-electron chi connectivity index (χ3n) is 7.74. The van der Waals surface area contributed by atoms with E-state index in [1.54, 1.807) is 0 Å². The quantitative estimate of drug-likeness (QED) is 0.152. The van der Waals surface area contributed by atoms with Gasteiger partial charge in [-0.2, -0.15) is 0 Å². The van der Waals surface area contributed by atoms with Crippen molar-refractivity contribution in [1.29, 1.82) is 0 Å². The highest BCUT2D eigenvalue weighted by molar-refractivity contribution is 5.14. The van der Waals surface area contributed by atoms with Gasteiger partial charge >= 0.3 is 0 Å². The lowest BCUT2D eigenvalue weighted by Gasteiger charge is -2.31. The van der Waals surface area contributed by atoms with Gasteiger partial charge in [-0.3, -0.25) is 0 Å². The Hall–Kier alpha value is -0.780. The van der Waals surface area contributed by atoms with Crippen LogP contribution in [0.5, 0.6) is 0 Å². The second-order valence-corrected chi connectivity index (χ2v) is 11.9. The van der Waals surface area contributed by atoms with Crippen molar-refractivity contribution < 1.29 is 0 Å². The van der Waals surface area contributed by atoms with E-state index in [9.17, 15) is 0 Å². The number of unbranched alkanes of at least 4 members (excludes halogenated alkanes) is 16. The van der Waals surface area contributed by atoms with E-state index in [1.165, 1.54) is 140 Å². The molecule has 0 aliphatic heterocycles. The molecule has 0 aromatic heterocycles. The van der Waals surface area contributed by atoms with Crippen molar-refractivity contribution in [1.82, 2.24) is 0 Å². The fraction of sp³-hybridized carbons (Fsp3) is 0.818. The van der Waals surface area contributed by atoms with Crippen LogP contribution in [0.3, 0.4) is 0 Å². The molecule has 33 heavy (non-hydrogen) atoms. The Morgan fingerprint density at radius 3 is 1.33 bits per heavy atom. The summed E-state index contributed by atoms with van der Waals surface area (Å²) in [5, 5.41) is 0. The van der Waals surface area contributed by atoms with E-state index in [1.807, 2.05) is 0 Å². The minimum absolute atomic E-state index is 0.489. The molecule has 1 unspecified atom stereocenters. The van der Waals surface area contributed by atoms with Gasteiger partial charge in [0, 0.05) is 0 Å². The fourth-order valence-corrected chi connectivity index (χ4v) is 5.31. The van der Waals surface area contributed by atoms with Gasteiger partial charge in [0.15, 0.2) is 0 Å². The first kappa shape index (κ1) is 30.3. The number of aryl methyl sites for hydroxylation is 1. The van der Waals surface area contributed by atoms with Crippen LogP contribution >= 0.6 is 0 Å². The van der Waals surface area contributed by atoms with Gasteiger partial charge in [-0.05, 0) is 42.6 Å².